The lowest BCUT2D eigenvalue weighted by molar-refractivity contribution is -0.414. The van der Waals surface area contributed by atoms with E-state index in [0.717, 1.165) is 26.1 Å². The van der Waals surface area contributed by atoms with Crippen molar-refractivity contribution in [1.29, 1.82) is 0 Å². The van der Waals surface area contributed by atoms with Gasteiger partial charge >= 0.3 is 5.16 Å². The highest BCUT2D eigenvalue weighted by Crippen LogP contribution is 2.15. The third-order valence-electron chi connectivity index (χ3n) is 2.49. The summed E-state index contributed by atoms with van der Waals surface area (Å²) in [5, 5.41) is 15.6. The van der Waals surface area contributed by atoms with Crippen LogP contribution in [0, 0.1) is 16.0 Å². The van der Waals surface area contributed by atoms with Gasteiger partial charge in [0.25, 0.3) is 0 Å². The Kier molecular flexibility index (Phi) is 5.34. The molecule has 1 atom stereocenters. The summed E-state index contributed by atoms with van der Waals surface area (Å²) < 4.78 is 5.24. The normalized spacial score (nSPS) is 21.5. The molecule has 0 saturated carbocycles. The molecule has 0 amide bonds. The Hall–Kier alpha value is -1.01. The minimum atomic E-state index is -0.626. The molecular formula is C9H16ClN3O3. The maximum absolute atomic E-state index is 10.4. The van der Waals surface area contributed by atoms with E-state index >= 15 is 0 Å². The van der Waals surface area contributed by atoms with Gasteiger partial charge in [-0.05, 0) is 30.4 Å². The van der Waals surface area contributed by atoms with Gasteiger partial charge in [0, 0.05) is 26.8 Å². The van der Waals surface area contributed by atoms with Crippen molar-refractivity contribution < 1.29 is 9.66 Å². The molecule has 1 fully saturated rings. The van der Waals surface area contributed by atoms with Crippen molar-refractivity contribution in [3.8, 4) is 0 Å². The molecule has 1 heterocycles. The zero-order chi connectivity index (χ0) is 12.0. The fourth-order valence-corrected chi connectivity index (χ4v) is 1.73. The van der Waals surface area contributed by atoms with E-state index in [9.17, 15) is 10.1 Å². The molecule has 6 nitrogen and oxygen atoms in total. The molecule has 0 bridgehead atoms. The van der Waals surface area contributed by atoms with E-state index in [-0.39, 0.29) is 5.82 Å². The fourth-order valence-electron chi connectivity index (χ4n) is 1.57. The molecule has 7 heteroatoms. The van der Waals surface area contributed by atoms with Crippen LogP contribution in [-0.2, 0) is 4.74 Å². The van der Waals surface area contributed by atoms with E-state index in [0.29, 0.717) is 12.5 Å². The largest absolute Gasteiger partial charge is 0.381 e. The van der Waals surface area contributed by atoms with Crippen LogP contribution >= 0.6 is 11.6 Å². The van der Waals surface area contributed by atoms with Crippen molar-refractivity contribution in [3.05, 3.63) is 21.1 Å². The lowest BCUT2D eigenvalue weighted by atomic mass is 10.1. The van der Waals surface area contributed by atoms with E-state index in [1.54, 1.807) is 7.05 Å². The Labute approximate surface area is 99.1 Å². The van der Waals surface area contributed by atoms with Crippen LogP contribution in [0.3, 0.4) is 0 Å². The van der Waals surface area contributed by atoms with Crippen molar-refractivity contribution in [3.63, 3.8) is 0 Å². The molecule has 1 rings (SSSR count). The Morgan fingerprint density at radius 3 is 2.94 bits per heavy atom. The maximum atomic E-state index is 10.4. The van der Waals surface area contributed by atoms with Gasteiger partial charge in [-0.25, -0.2) is 0 Å². The topological polar surface area (TPSA) is 76.4 Å². The van der Waals surface area contributed by atoms with Crippen LogP contribution < -0.4 is 10.6 Å². The smallest absolute Gasteiger partial charge is 0.377 e. The van der Waals surface area contributed by atoms with E-state index < -0.39 is 10.1 Å². The molecular weight excluding hydrogens is 234 g/mol. The molecule has 1 saturated heterocycles. The summed E-state index contributed by atoms with van der Waals surface area (Å²) in [5.74, 6) is 0.797. The molecule has 16 heavy (non-hydrogen) atoms. The van der Waals surface area contributed by atoms with Gasteiger partial charge < -0.3 is 15.4 Å². The summed E-state index contributed by atoms with van der Waals surface area (Å²) in [4.78, 5) is 9.81. The molecule has 1 aliphatic rings. The Bertz CT molecular complexity index is 277. The van der Waals surface area contributed by atoms with E-state index in [1.807, 2.05) is 0 Å². The van der Waals surface area contributed by atoms with Crippen LogP contribution in [-0.4, -0.2) is 31.7 Å². The molecule has 1 unspecified atom stereocenters. The number of halogens is 1. The average molecular weight is 250 g/mol. The molecule has 0 aromatic rings. The van der Waals surface area contributed by atoms with Crippen molar-refractivity contribution in [1.82, 2.24) is 10.6 Å². The second kappa shape index (κ2) is 6.55. The lowest BCUT2D eigenvalue weighted by Gasteiger charge is -2.11. The van der Waals surface area contributed by atoms with Crippen LogP contribution in [0.1, 0.15) is 12.8 Å². The van der Waals surface area contributed by atoms with E-state index in [4.69, 9.17) is 16.3 Å². The van der Waals surface area contributed by atoms with E-state index in [1.165, 1.54) is 0 Å². The van der Waals surface area contributed by atoms with Gasteiger partial charge in [-0.3, -0.25) is 10.1 Å². The first-order valence-corrected chi connectivity index (χ1v) is 5.56. The summed E-state index contributed by atoms with van der Waals surface area (Å²) in [6, 6.07) is 0. The minimum Gasteiger partial charge on any atom is -0.381 e. The number of hydrogen-bond acceptors (Lipinski definition) is 5. The summed E-state index contributed by atoms with van der Waals surface area (Å²) in [6.07, 6.45) is 1.98. The van der Waals surface area contributed by atoms with Gasteiger partial charge in [0.15, 0.2) is 5.82 Å². The van der Waals surface area contributed by atoms with Gasteiger partial charge in [0.2, 0.25) is 0 Å². The number of nitro groups is 1. The highest BCUT2D eigenvalue weighted by Gasteiger charge is 2.17. The molecule has 92 valence electrons. The molecule has 0 spiro atoms. The predicted octanol–water partition coefficient (Wildman–Crippen LogP) is 0.864. The number of nitrogens with zero attached hydrogens (tertiary/aromatic N) is 1. The number of ether oxygens (including phenoxy) is 1. The van der Waals surface area contributed by atoms with Crippen molar-refractivity contribution in [2.24, 2.45) is 5.92 Å². The molecule has 0 radical (unpaired) electrons. The van der Waals surface area contributed by atoms with Crippen LogP contribution in [0.15, 0.2) is 11.0 Å². The highest BCUT2D eigenvalue weighted by atomic mass is 35.5. The Morgan fingerprint density at radius 2 is 2.44 bits per heavy atom. The standard InChI is InChI=1S/C9H16ClN3O3/c1-11-9(8(10)13(14)15)12-4-2-7-3-5-16-6-7/h7,11-12H,2-6H2,1H3/b9-8-. The SMILES string of the molecule is CN/C(NCCC1CCOC1)=C(\Cl)[N+](=O)[O-]. The zero-order valence-corrected chi connectivity index (χ0v) is 9.92. The Balaban J connectivity index is 2.33. The summed E-state index contributed by atoms with van der Waals surface area (Å²) >= 11 is 5.51. The zero-order valence-electron chi connectivity index (χ0n) is 9.16. The molecule has 0 aliphatic carbocycles. The summed E-state index contributed by atoms with van der Waals surface area (Å²) in [7, 11) is 1.59. The molecule has 2 N–H and O–H groups in total. The molecule has 1 aliphatic heterocycles. The van der Waals surface area contributed by atoms with Gasteiger partial charge in [-0.15, -0.1) is 0 Å². The van der Waals surface area contributed by atoms with Crippen LogP contribution in [0.5, 0.6) is 0 Å². The van der Waals surface area contributed by atoms with Gasteiger partial charge in [-0.1, -0.05) is 0 Å². The van der Waals surface area contributed by atoms with E-state index in [2.05, 4.69) is 10.6 Å². The second-order valence-corrected chi connectivity index (χ2v) is 3.98. The lowest BCUT2D eigenvalue weighted by Crippen LogP contribution is -2.28. The average Bonchev–Trinajstić information content (AvgIpc) is 2.76. The summed E-state index contributed by atoms with van der Waals surface area (Å²) in [5.41, 5.74) is 0. The minimum absolute atomic E-state index is 0.255. The van der Waals surface area contributed by atoms with Crippen molar-refractivity contribution in [2.75, 3.05) is 26.8 Å². The number of rotatable bonds is 6. The van der Waals surface area contributed by atoms with Crippen molar-refractivity contribution >= 4 is 11.6 Å². The Morgan fingerprint density at radius 1 is 1.69 bits per heavy atom. The van der Waals surface area contributed by atoms with Crippen LogP contribution in [0.25, 0.3) is 0 Å². The van der Waals surface area contributed by atoms with Crippen LogP contribution in [0.4, 0.5) is 0 Å². The third-order valence-corrected chi connectivity index (χ3v) is 2.82. The monoisotopic (exact) mass is 249 g/mol. The van der Waals surface area contributed by atoms with Crippen LogP contribution in [0.2, 0.25) is 0 Å². The molecule has 0 aromatic carbocycles. The first-order chi connectivity index (χ1) is 7.65. The first kappa shape index (κ1) is 13.1. The van der Waals surface area contributed by atoms with Gasteiger partial charge in [0.05, 0.1) is 4.92 Å². The first-order valence-electron chi connectivity index (χ1n) is 5.18. The highest BCUT2D eigenvalue weighted by molar-refractivity contribution is 6.28. The second-order valence-electron chi connectivity index (χ2n) is 3.62. The predicted molar refractivity (Wildman–Crippen MR) is 60.5 cm³/mol. The number of hydrogen-bond donors (Lipinski definition) is 2. The summed E-state index contributed by atoms with van der Waals surface area (Å²) in [6.45, 7) is 2.24. The van der Waals surface area contributed by atoms with Crippen molar-refractivity contribution in [2.45, 2.75) is 12.8 Å². The molecule has 0 aromatic heterocycles. The fraction of sp³-hybridized carbons (Fsp3) is 0.778. The number of nitrogens with one attached hydrogen (secondary N) is 2. The quantitative estimate of drug-likeness (QED) is 0.415. The van der Waals surface area contributed by atoms with Gasteiger partial charge in [0.1, 0.15) is 0 Å². The maximum Gasteiger partial charge on any atom is 0.377 e. The van der Waals surface area contributed by atoms with Gasteiger partial charge in [-0.2, -0.15) is 0 Å². The third kappa shape index (κ3) is 3.86.